The number of nitrogens with one attached hydrogen (secondary N) is 2. The summed E-state index contributed by atoms with van der Waals surface area (Å²) in [4.78, 5) is 24.6. The van der Waals surface area contributed by atoms with Gasteiger partial charge in [-0.05, 0) is 64.1 Å². The van der Waals surface area contributed by atoms with Crippen LogP contribution >= 0.6 is 0 Å². The van der Waals surface area contributed by atoms with Crippen molar-refractivity contribution in [3.63, 3.8) is 0 Å². The first-order chi connectivity index (χ1) is 11.8. The van der Waals surface area contributed by atoms with E-state index < -0.39 is 5.41 Å². The number of ether oxygens (including phenoxy) is 1. The Morgan fingerprint density at radius 2 is 1.44 bits per heavy atom. The van der Waals surface area contributed by atoms with Gasteiger partial charge in [-0.2, -0.15) is 0 Å². The minimum absolute atomic E-state index is 0.0195. The van der Waals surface area contributed by atoms with Crippen molar-refractivity contribution in [3.8, 4) is 11.5 Å². The minimum Gasteiger partial charge on any atom is -0.457 e. The molecule has 0 fully saturated rings. The molecule has 0 aliphatic heterocycles. The lowest BCUT2D eigenvalue weighted by Gasteiger charge is -2.24. The average molecular weight is 340 g/mol. The maximum atomic E-state index is 12.4. The normalized spacial score (nSPS) is 11.1. The molecule has 0 saturated heterocycles. The maximum Gasteiger partial charge on any atom is 0.239 e. The number of anilines is 1. The quantitative estimate of drug-likeness (QED) is 0.782. The Balaban J connectivity index is 2.00. The van der Waals surface area contributed by atoms with Crippen molar-refractivity contribution in [1.82, 2.24) is 5.32 Å². The molecule has 2 rings (SSSR count). The van der Waals surface area contributed by atoms with Gasteiger partial charge < -0.3 is 15.4 Å². The molecule has 0 aromatic heterocycles. The molecule has 5 heteroatoms. The molecule has 2 aromatic carbocycles. The highest BCUT2D eigenvalue weighted by atomic mass is 16.5. The fourth-order valence-corrected chi connectivity index (χ4v) is 2.06. The van der Waals surface area contributed by atoms with Crippen molar-refractivity contribution in [2.24, 2.45) is 5.41 Å². The van der Waals surface area contributed by atoms with Crippen LogP contribution in [0, 0.1) is 5.41 Å². The summed E-state index contributed by atoms with van der Waals surface area (Å²) in [6.07, 6.45) is 0. The Labute approximate surface area is 148 Å². The lowest BCUT2D eigenvalue weighted by atomic mass is 9.90. The summed E-state index contributed by atoms with van der Waals surface area (Å²) in [5, 5.41) is 5.54. The predicted molar refractivity (Wildman–Crippen MR) is 98.6 cm³/mol. The topological polar surface area (TPSA) is 67.4 Å². The highest BCUT2D eigenvalue weighted by Gasteiger charge is 2.36. The van der Waals surface area contributed by atoms with Crippen molar-refractivity contribution in [1.29, 1.82) is 0 Å². The molecule has 0 unspecified atom stereocenters. The summed E-state index contributed by atoms with van der Waals surface area (Å²) < 4.78 is 5.71. The number of carbonyl (C=O) groups excluding carboxylic acids is 2. The molecule has 2 aromatic rings. The molecule has 25 heavy (non-hydrogen) atoms. The van der Waals surface area contributed by atoms with Gasteiger partial charge in [0, 0.05) is 11.7 Å². The molecule has 2 N–H and O–H groups in total. The van der Waals surface area contributed by atoms with Crippen LogP contribution in [-0.4, -0.2) is 17.9 Å². The molecule has 0 saturated carbocycles. The Hall–Kier alpha value is -2.82. The Bertz CT molecular complexity index is 722. The van der Waals surface area contributed by atoms with E-state index in [1.807, 2.05) is 44.2 Å². The Morgan fingerprint density at radius 3 is 2.00 bits per heavy atom. The molecule has 0 heterocycles. The van der Waals surface area contributed by atoms with Crippen LogP contribution in [0.15, 0.2) is 54.6 Å². The first-order valence-electron chi connectivity index (χ1n) is 8.24. The van der Waals surface area contributed by atoms with Crippen molar-refractivity contribution >= 4 is 17.5 Å². The molecule has 2 amide bonds. The van der Waals surface area contributed by atoms with Gasteiger partial charge in [0.2, 0.25) is 11.8 Å². The highest BCUT2D eigenvalue weighted by molar-refractivity contribution is 6.09. The van der Waals surface area contributed by atoms with Gasteiger partial charge in [-0.3, -0.25) is 9.59 Å². The van der Waals surface area contributed by atoms with E-state index in [9.17, 15) is 9.59 Å². The summed E-state index contributed by atoms with van der Waals surface area (Å²) in [5.41, 5.74) is -0.556. The number of rotatable bonds is 6. The molecule has 5 nitrogen and oxygen atoms in total. The Kier molecular flexibility index (Phi) is 5.80. The van der Waals surface area contributed by atoms with Crippen molar-refractivity contribution in [2.45, 2.75) is 33.7 Å². The Morgan fingerprint density at radius 1 is 0.880 bits per heavy atom. The second-order valence-corrected chi connectivity index (χ2v) is 6.65. The monoisotopic (exact) mass is 340 g/mol. The summed E-state index contributed by atoms with van der Waals surface area (Å²) in [6, 6.07) is 16.4. The smallest absolute Gasteiger partial charge is 0.239 e. The zero-order chi connectivity index (χ0) is 18.4. The van der Waals surface area contributed by atoms with Crippen LogP contribution in [0.2, 0.25) is 0 Å². The molecule has 0 atom stereocenters. The number of hydrogen-bond acceptors (Lipinski definition) is 3. The van der Waals surface area contributed by atoms with Gasteiger partial charge in [0.15, 0.2) is 0 Å². The third-order valence-electron chi connectivity index (χ3n) is 3.65. The molecular weight excluding hydrogens is 316 g/mol. The standard InChI is InChI=1S/C20H24N2O3/c1-14(2)21-18(23)20(3,4)19(24)22-15-10-12-17(13-11-15)25-16-8-6-5-7-9-16/h5-14H,1-4H3,(H,21,23)(H,22,24). The summed E-state index contributed by atoms with van der Waals surface area (Å²) >= 11 is 0. The summed E-state index contributed by atoms with van der Waals surface area (Å²) in [6.45, 7) is 6.93. The molecule has 132 valence electrons. The van der Waals surface area contributed by atoms with Crippen LogP contribution in [0.25, 0.3) is 0 Å². The largest absolute Gasteiger partial charge is 0.457 e. The van der Waals surface area contributed by atoms with Crippen molar-refractivity contribution in [3.05, 3.63) is 54.6 Å². The van der Waals surface area contributed by atoms with Gasteiger partial charge in [0.05, 0.1) is 0 Å². The molecule has 0 bridgehead atoms. The summed E-state index contributed by atoms with van der Waals surface area (Å²) in [7, 11) is 0. The number of hydrogen-bond donors (Lipinski definition) is 2. The summed E-state index contributed by atoms with van der Waals surface area (Å²) in [5.74, 6) is 0.748. The number of benzene rings is 2. The van der Waals surface area contributed by atoms with Gasteiger partial charge in [-0.1, -0.05) is 18.2 Å². The third-order valence-corrected chi connectivity index (χ3v) is 3.65. The van der Waals surface area contributed by atoms with E-state index in [0.717, 1.165) is 5.75 Å². The number of para-hydroxylation sites is 1. The maximum absolute atomic E-state index is 12.4. The number of carbonyl (C=O) groups is 2. The minimum atomic E-state index is -1.16. The van der Waals surface area contributed by atoms with E-state index >= 15 is 0 Å². The molecule has 0 aliphatic rings. The first kappa shape index (κ1) is 18.5. The van der Waals surface area contributed by atoms with E-state index in [-0.39, 0.29) is 17.9 Å². The fraction of sp³-hybridized carbons (Fsp3) is 0.300. The lowest BCUT2D eigenvalue weighted by Crippen LogP contribution is -2.47. The average Bonchev–Trinajstić information content (AvgIpc) is 2.57. The zero-order valence-corrected chi connectivity index (χ0v) is 15.0. The van der Waals surface area contributed by atoms with Crippen LogP contribution in [0.4, 0.5) is 5.69 Å². The second kappa shape index (κ2) is 7.83. The van der Waals surface area contributed by atoms with E-state index in [4.69, 9.17) is 4.74 Å². The van der Waals surface area contributed by atoms with Crippen LogP contribution in [0.5, 0.6) is 11.5 Å². The van der Waals surface area contributed by atoms with Crippen LogP contribution in [0.1, 0.15) is 27.7 Å². The van der Waals surface area contributed by atoms with Gasteiger partial charge in [-0.15, -0.1) is 0 Å². The lowest BCUT2D eigenvalue weighted by molar-refractivity contribution is -0.138. The van der Waals surface area contributed by atoms with Gasteiger partial charge in [0.25, 0.3) is 0 Å². The fourth-order valence-electron chi connectivity index (χ4n) is 2.06. The number of amides is 2. The van der Waals surface area contributed by atoms with Gasteiger partial charge in [0.1, 0.15) is 16.9 Å². The van der Waals surface area contributed by atoms with E-state index in [0.29, 0.717) is 11.4 Å². The predicted octanol–water partition coefficient (Wildman–Crippen LogP) is 3.97. The van der Waals surface area contributed by atoms with Crippen LogP contribution < -0.4 is 15.4 Å². The van der Waals surface area contributed by atoms with Crippen LogP contribution in [-0.2, 0) is 9.59 Å². The van der Waals surface area contributed by atoms with E-state index in [2.05, 4.69) is 10.6 Å². The van der Waals surface area contributed by atoms with Crippen molar-refractivity contribution in [2.75, 3.05) is 5.32 Å². The van der Waals surface area contributed by atoms with Crippen LogP contribution in [0.3, 0.4) is 0 Å². The SMILES string of the molecule is CC(C)NC(=O)C(C)(C)C(=O)Nc1ccc(Oc2ccccc2)cc1. The first-order valence-corrected chi connectivity index (χ1v) is 8.24. The third kappa shape index (κ3) is 5.08. The van der Waals surface area contributed by atoms with E-state index in [1.165, 1.54) is 0 Å². The van der Waals surface area contributed by atoms with Gasteiger partial charge in [-0.25, -0.2) is 0 Å². The van der Waals surface area contributed by atoms with Crippen molar-refractivity contribution < 1.29 is 14.3 Å². The molecular formula is C20H24N2O3. The van der Waals surface area contributed by atoms with E-state index in [1.54, 1.807) is 38.1 Å². The van der Waals surface area contributed by atoms with Gasteiger partial charge >= 0.3 is 0 Å². The molecule has 0 aliphatic carbocycles. The molecule has 0 radical (unpaired) electrons. The molecule has 0 spiro atoms. The zero-order valence-electron chi connectivity index (χ0n) is 15.0. The second-order valence-electron chi connectivity index (χ2n) is 6.65. The highest BCUT2D eigenvalue weighted by Crippen LogP contribution is 2.24.